The summed E-state index contributed by atoms with van der Waals surface area (Å²) in [5.74, 6) is 0.968. The third-order valence-electron chi connectivity index (χ3n) is 3.46. The molecule has 7 heteroatoms. The first kappa shape index (κ1) is 12.7. The lowest BCUT2D eigenvalue weighted by molar-refractivity contribution is 0.536. The van der Waals surface area contributed by atoms with Gasteiger partial charge in [-0.25, -0.2) is 9.50 Å². The van der Waals surface area contributed by atoms with E-state index in [1.165, 1.54) is 0 Å². The van der Waals surface area contributed by atoms with Crippen molar-refractivity contribution in [2.75, 3.05) is 7.05 Å². The number of hydrogen-bond acceptors (Lipinski definition) is 5. The van der Waals surface area contributed by atoms with Crippen molar-refractivity contribution in [3.05, 3.63) is 42.5 Å². The van der Waals surface area contributed by atoms with Crippen LogP contribution in [0.3, 0.4) is 0 Å². The molecule has 0 amide bonds. The van der Waals surface area contributed by atoms with Gasteiger partial charge in [0.15, 0.2) is 0 Å². The van der Waals surface area contributed by atoms with Crippen LogP contribution in [0.2, 0.25) is 0 Å². The van der Waals surface area contributed by atoms with Crippen molar-refractivity contribution in [3.8, 4) is 0 Å². The molecule has 3 heterocycles. The first-order chi connectivity index (χ1) is 9.83. The van der Waals surface area contributed by atoms with Crippen LogP contribution in [0.25, 0.3) is 5.52 Å². The number of nitrogens with zero attached hydrogens (tertiary/aromatic N) is 6. The average molecular weight is 271 g/mol. The zero-order valence-corrected chi connectivity index (χ0v) is 11.6. The first-order valence-electron chi connectivity index (χ1n) is 6.64. The summed E-state index contributed by atoms with van der Waals surface area (Å²) in [6, 6.07) is 0.131. The minimum atomic E-state index is 0.131. The van der Waals surface area contributed by atoms with E-state index in [1.54, 1.807) is 12.5 Å². The Labute approximate surface area is 116 Å². The summed E-state index contributed by atoms with van der Waals surface area (Å²) in [7, 11) is 1.94. The van der Waals surface area contributed by atoms with E-state index in [4.69, 9.17) is 0 Å². The Morgan fingerprint density at radius 1 is 1.30 bits per heavy atom. The molecule has 3 aromatic rings. The molecule has 0 aliphatic rings. The van der Waals surface area contributed by atoms with E-state index in [0.717, 1.165) is 29.9 Å². The maximum Gasteiger partial charge on any atom is 0.138 e. The third kappa shape index (κ3) is 2.16. The van der Waals surface area contributed by atoms with E-state index in [0.29, 0.717) is 0 Å². The minimum Gasteiger partial charge on any atom is -0.312 e. The van der Waals surface area contributed by atoms with Crippen LogP contribution >= 0.6 is 0 Å². The Hall–Kier alpha value is -2.28. The molecule has 0 spiro atoms. The molecule has 0 bridgehead atoms. The molecule has 104 valence electrons. The molecule has 0 radical (unpaired) electrons. The van der Waals surface area contributed by atoms with Crippen LogP contribution in [-0.4, -0.2) is 36.4 Å². The molecule has 1 N–H and O–H groups in total. The minimum absolute atomic E-state index is 0.131. The summed E-state index contributed by atoms with van der Waals surface area (Å²) in [6.45, 7) is 2.88. The number of aryl methyl sites for hydroxylation is 1. The summed E-state index contributed by atoms with van der Waals surface area (Å²) in [5.41, 5.74) is 2.13. The van der Waals surface area contributed by atoms with Gasteiger partial charge >= 0.3 is 0 Å². The summed E-state index contributed by atoms with van der Waals surface area (Å²) in [6.07, 6.45) is 9.65. The maximum absolute atomic E-state index is 4.35. The monoisotopic (exact) mass is 271 g/mol. The van der Waals surface area contributed by atoms with E-state index in [9.17, 15) is 0 Å². The summed E-state index contributed by atoms with van der Waals surface area (Å²) in [4.78, 5) is 8.51. The molecular formula is C13H17N7. The van der Waals surface area contributed by atoms with E-state index in [1.807, 2.05) is 34.8 Å². The molecule has 0 aromatic carbocycles. The molecule has 7 nitrogen and oxygen atoms in total. The standard InChI is InChI=1S/C13H17N7/c1-3-19-13(16-9-18-19)6-11(14-2)10-7-17-20-5-4-15-8-12(10)20/h4-5,7-9,11,14H,3,6H2,1-2H3. The first-order valence-corrected chi connectivity index (χ1v) is 6.64. The Balaban J connectivity index is 1.94. The highest BCUT2D eigenvalue weighted by molar-refractivity contribution is 5.53. The van der Waals surface area contributed by atoms with Crippen LogP contribution in [-0.2, 0) is 13.0 Å². The smallest absolute Gasteiger partial charge is 0.138 e. The fourth-order valence-electron chi connectivity index (χ4n) is 2.38. The molecule has 3 rings (SSSR count). The van der Waals surface area contributed by atoms with Gasteiger partial charge in [0, 0.05) is 37.0 Å². The van der Waals surface area contributed by atoms with Crippen LogP contribution < -0.4 is 5.32 Å². The van der Waals surface area contributed by atoms with E-state index >= 15 is 0 Å². The highest BCUT2D eigenvalue weighted by Crippen LogP contribution is 2.21. The second kappa shape index (κ2) is 5.38. The molecule has 0 aliphatic carbocycles. The highest BCUT2D eigenvalue weighted by atomic mass is 15.3. The SMILES string of the molecule is CCn1ncnc1CC(NC)c1cnn2ccncc12. The van der Waals surface area contributed by atoms with Crippen LogP contribution in [0, 0.1) is 0 Å². The van der Waals surface area contributed by atoms with Crippen LogP contribution in [0.15, 0.2) is 31.1 Å². The van der Waals surface area contributed by atoms with Crippen molar-refractivity contribution in [1.29, 1.82) is 0 Å². The average Bonchev–Trinajstić information content (AvgIpc) is 3.11. The molecule has 0 saturated carbocycles. The van der Waals surface area contributed by atoms with Gasteiger partial charge in [0.1, 0.15) is 12.2 Å². The second-order valence-corrected chi connectivity index (χ2v) is 4.54. The molecular weight excluding hydrogens is 254 g/mol. The number of rotatable bonds is 5. The molecule has 1 atom stereocenters. The molecule has 1 unspecified atom stereocenters. The number of nitrogens with one attached hydrogen (secondary N) is 1. The molecule has 0 aliphatic heterocycles. The predicted molar refractivity (Wildman–Crippen MR) is 74.2 cm³/mol. The Morgan fingerprint density at radius 3 is 3.00 bits per heavy atom. The van der Waals surface area contributed by atoms with Gasteiger partial charge in [-0.05, 0) is 14.0 Å². The van der Waals surface area contributed by atoms with Gasteiger partial charge in [-0.3, -0.25) is 9.67 Å². The second-order valence-electron chi connectivity index (χ2n) is 4.54. The van der Waals surface area contributed by atoms with E-state index in [-0.39, 0.29) is 6.04 Å². The van der Waals surface area contributed by atoms with Crippen molar-refractivity contribution in [3.63, 3.8) is 0 Å². The Kier molecular flexibility index (Phi) is 3.42. The largest absolute Gasteiger partial charge is 0.312 e. The Bertz CT molecular complexity index is 699. The topological polar surface area (TPSA) is 72.9 Å². The number of hydrogen-bond donors (Lipinski definition) is 1. The molecule has 20 heavy (non-hydrogen) atoms. The normalized spacial score (nSPS) is 12.9. The van der Waals surface area contributed by atoms with Gasteiger partial charge in [0.05, 0.1) is 17.9 Å². The van der Waals surface area contributed by atoms with Crippen molar-refractivity contribution in [1.82, 2.24) is 34.7 Å². The fraction of sp³-hybridized carbons (Fsp3) is 0.385. The highest BCUT2D eigenvalue weighted by Gasteiger charge is 2.18. The quantitative estimate of drug-likeness (QED) is 0.744. The van der Waals surface area contributed by atoms with Gasteiger partial charge < -0.3 is 5.32 Å². The zero-order chi connectivity index (χ0) is 13.9. The zero-order valence-electron chi connectivity index (χ0n) is 11.6. The van der Waals surface area contributed by atoms with E-state index < -0.39 is 0 Å². The van der Waals surface area contributed by atoms with Crippen molar-refractivity contribution in [2.24, 2.45) is 0 Å². The number of fused-ring (bicyclic) bond motifs is 1. The summed E-state index contributed by atoms with van der Waals surface area (Å²) >= 11 is 0. The van der Waals surface area contributed by atoms with Crippen molar-refractivity contribution < 1.29 is 0 Å². The van der Waals surface area contributed by atoms with Gasteiger partial charge in [0.2, 0.25) is 0 Å². The summed E-state index contributed by atoms with van der Waals surface area (Å²) in [5, 5.41) is 11.9. The molecule has 3 aromatic heterocycles. The lowest BCUT2D eigenvalue weighted by Crippen LogP contribution is -2.21. The molecule has 0 saturated heterocycles. The Morgan fingerprint density at radius 2 is 2.20 bits per heavy atom. The fourth-order valence-corrected chi connectivity index (χ4v) is 2.38. The van der Waals surface area contributed by atoms with Gasteiger partial charge in [-0.2, -0.15) is 10.2 Å². The van der Waals surface area contributed by atoms with Crippen LogP contribution in [0.4, 0.5) is 0 Å². The lowest BCUT2D eigenvalue weighted by Gasteiger charge is -2.14. The maximum atomic E-state index is 4.35. The van der Waals surface area contributed by atoms with Crippen LogP contribution in [0.1, 0.15) is 24.4 Å². The van der Waals surface area contributed by atoms with Crippen molar-refractivity contribution >= 4 is 5.52 Å². The number of likely N-dealkylation sites (N-methyl/N-ethyl adjacent to an activating group) is 1. The molecule has 0 fully saturated rings. The van der Waals surface area contributed by atoms with Crippen LogP contribution in [0.5, 0.6) is 0 Å². The van der Waals surface area contributed by atoms with Gasteiger partial charge in [-0.15, -0.1) is 0 Å². The van der Waals surface area contributed by atoms with Crippen molar-refractivity contribution in [2.45, 2.75) is 25.9 Å². The van der Waals surface area contributed by atoms with Gasteiger partial charge in [0.25, 0.3) is 0 Å². The van der Waals surface area contributed by atoms with E-state index in [2.05, 4.69) is 32.4 Å². The number of aromatic nitrogens is 6. The van der Waals surface area contributed by atoms with Gasteiger partial charge in [-0.1, -0.05) is 0 Å². The third-order valence-corrected chi connectivity index (χ3v) is 3.46. The lowest BCUT2D eigenvalue weighted by atomic mass is 10.1. The summed E-state index contributed by atoms with van der Waals surface area (Å²) < 4.78 is 3.74. The predicted octanol–water partition coefficient (Wildman–Crippen LogP) is 0.844.